The first-order valence-electron chi connectivity index (χ1n) is 11.1. The molecule has 0 aliphatic carbocycles. The first kappa shape index (κ1) is 23.9. The number of nitrogens with two attached hydrogens (primary N) is 1. The van der Waals surface area contributed by atoms with E-state index in [2.05, 4.69) is 28.8 Å². The highest BCUT2D eigenvalue weighted by Crippen LogP contribution is 2.24. The molecule has 172 valence electrons. The van der Waals surface area contributed by atoms with Crippen LogP contribution < -0.4 is 16.4 Å². The third-order valence-electron chi connectivity index (χ3n) is 5.59. The van der Waals surface area contributed by atoms with Crippen molar-refractivity contribution in [1.29, 1.82) is 0 Å². The number of anilines is 1. The maximum Gasteiger partial charge on any atom is 0.248 e. The molecule has 0 heterocycles. The Morgan fingerprint density at radius 3 is 2.33 bits per heavy atom. The second-order valence-electron chi connectivity index (χ2n) is 7.97. The number of nitrogens with one attached hydrogen (secondary N) is 2. The summed E-state index contributed by atoms with van der Waals surface area (Å²) in [6, 6.07) is 20.5. The molecule has 0 bridgehead atoms. The van der Waals surface area contributed by atoms with Crippen LogP contribution in [0.1, 0.15) is 42.2 Å². The highest BCUT2D eigenvalue weighted by Gasteiger charge is 2.15. The van der Waals surface area contributed by atoms with E-state index in [1.54, 1.807) is 24.3 Å². The monoisotopic (exact) mass is 446 g/mol. The molecule has 1 unspecified atom stereocenters. The van der Waals surface area contributed by atoms with Gasteiger partial charge in [0.1, 0.15) is 0 Å². The van der Waals surface area contributed by atoms with Gasteiger partial charge < -0.3 is 16.4 Å². The summed E-state index contributed by atoms with van der Waals surface area (Å²) in [5.74, 6) is -0.760. The van der Waals surface area contributed by atoms with Crippen molar-refractivity contribution in [3.05, 3.63) is 77.9 Å². The van der Waals surface area contributed by atoms with Crippen LogP contribution in [0.2, 0.25) is 0 Å². The summed E-state index contributed by atoms with van der Waals surface area (Å²) >= 11 is 0. The van der Waals surface area contributed by atoms with Crippen LogP contribution in [0.5, 0.6) is 0 Å². The minimum Gasteiger partial charge on any atom is -0.366 e. The number of nitrogens with zero attached hydrogens (tertiary/aromatic N) is 1. The average molecular weight is 447 g/mol. The first-order valence-corrected chi connectivity index (χ1v) is 11.1. The number of carbonyl (C=O) groups is 3. The predicted octanol–water partition coefficient (Wildman–Crippen LogP) is 3.47. The van der Waals surface area contributed by atoms with Gasteiger partial charge in [0.25, 0.3) is 0 Å². The summed E-state index contributed by atoms with van der Waals surface area (Å²) < 4.78 is 0. The van der Waals surface area contributed by atoms with Gasteiger partial charge in [0, 0.05) is 24.2 Å². The highest BCUT2D eigenvalue weighted by molar-refractivity contribution is 5.94. The number of benzene rings is 3. The van der Waals surface area contributed by atoms with Crippen LogP contribution in [-0.2, 0) is 9.59 Å². The lowest BCUT2D eigenvalue weighted by atomic mass is 10.00. The Hall–Kier alpha value is -3.71. The number of primary amides is 1. The SMILES string of the molecule is CCN(CCC(=O)Nc1ccc(C(N)=O)cc1)CC(=O)NC(C)c1cccc2ccccc12. The summed E-state index contributed by atoms with van der Waals surface area (Å²) in [5, 5.41) is 8.14. The first-order chi connectivity index (χ1) is 15.9. The van der Waals surface area contributed by atoms with Gasteiger partial charge in [-0.2, -0.15) is 0 Å². The molecule has 3 amide bonds. The van der Waals surface area contributed by atoms with Crippen molar-refractivity contribution in [3.8, 4) is 0 Å². The molecule has 0 aliphatic rings. The molecule has 0 saturated heterocycles. The molecule has 0 saturated carbocycles. The van der Waals surface area contributed by atoms with Gasteiger partial charge in [-0.3, -0.25) is 19.3 Å². The molecule has 7 nitrogen and oxygen atoms in total. The van der Waals surface area contributed by atoms with Crippen molar-refractivity contribution in [2.24, 2.45) is 5.73 Å². The lowest BCUT2D eigenvalue weighted by Gasteiger charge is -2.22. The van der Waals surface area contributed by atoms with Gasteiger partial charge in [0.2, 0.25) is 17.7 Å². The topological polar surface area (TPSA) is 105 Å². The van der Waals surface area contributed by atoms with E-state index < -0.39 is 5.91 Å². The summed E-state index contributed by atoms with van der Waals surface area (Å²) in [6.45, 7) is 5.26. The molecular formula is C26H30N4O3. The van der Waals surface area contributed by atoms with E-state index in [4.69, 9.17) is 5.73 Å². The third-order valence-corrected chi connectivity index (χ3v) is 5.59. The van der Waals surface area contributed by atoms with Gasteiger partial charge in [-0.05, 0) is 54.1 Å². The maximum absolute atomic E-state index is 12.7. The van der Waals surface area contributed by atoms with Crippen molar-refractivity contribution in [2.75, 3.05) is 25.0 Å². The fraction of sp³-hybridized carbons (Fsp3) is 0.269. The second-order valence-corrected chi connectivity index (χ2v) is 7.97. The van der Waals surface area contributed by atoms with E-state index >= 15 is 0 Å². The Kier molecular flexibility index (Phi) is 8.16. The maximum atomic E-state index is 12.7. The van der Waals surface area contributed by atoms with E-state index in [1.165, 1.54) is 0 Å². The molecule has 0 aromatic heterocycles. The van der Waals surface area contributed by atoms with Crippen molar-refractivity contribution < 1.29 is 14.4 Å². The van der Waals surface area contributed by atoms with Gasteiger partial charge in [-0.1, -0.05) is 49.4 Å². The number of fused-ring (bicyclic) bond motifs is 1. The Morgan fingerprint density at radius 1 is 0.939 bits per heavy atom. The molecule has 7 heteroatoms. The minimum absolute atomic E-state index is 0.0836. The van der Waals surface area contributed by atoms with E-state index in [9.17, 15) is 14.4 Å². The van der Waals surface area contributed by atoms with Crippen LogP contribution in [-0.4, -0.2) is 42.3 Å². The van der Waals surface area contributed by atoms with Gasteiger partial charge in [-0.25, -0.2) is 0 Å². The van der Waals surface area contributed by atoms with E-state index in [0.29, 0.717) is 24.3 Å². The molecule has 3 aromatic carbocycles. The second kappa shape index (κ2) is 11.2. The van der Waals surface area contributed by atoms with Crippen LogP contribution >= 0.6 is 0 Å². The fourth-order valence-electron chi connectivity index (χ4n) is 3.75. The molecule has 33 heavy (non-hydrogen) atoms. The zero-order valence-electron chi connectivity index (χ0n) is 19.0. The van der Waals surface area contributed by atoms with Gasteiger partial charge in [-0.15, -0.1) is 0 Å². The quantitative estimate of drug-likeness (QED) is 0.444. The van der Waals surface area contributed by atoms with Crippen molar-refractivity contribution in [2.45, 2.75) is 26.3 Å². The number of likely N-dealkylation sites (N-methyl/N-ethyl adjacent to an activating group) is 1. The normalized spacial score (nSPS) is 11.8. The largest absolute Gasteiger partial charge is 0.366 e. The summed E-state index contributed by atoms with van der Waals surface area (Å²) in [4.78, 5) is 38.0. The number of amides is 3. The minimum atomic E-state index is -0.514. The van der Waals surface area contributed by atoms with Gasteiger partial charge >= 0.3 is 0 Å². The molecule has 0 aliphatic heterocycles. The Morgan fingerprint density at radius 2 is 1.64 bits per heavy atom. The smallest absolute Gasteiger partial charge is 0.248 e. The Labute approximate surface area is 194 Å². The van der Waals surface area contributed by atoms with Crippen molar-refractivity contribution in [1.82, 2.24) is 10.2 Å². The predicted molar refractivity (Wildman–Crippen MR) is 131 cm³/mol. The lowest BCUT2D eigenvalue weighted by molar-refractivity contribution is -0.123. The highest BCUT2D eigenvalue weighted by atomic mass is 16.2. The van der Waals surface area contributed by atoms with Crippen LogP contribution in [0.4, 0.5) is 5.69 Å². The van der Waals surface area contributed by atoms with E-state index in [0.717, 1.165) is 16.3 Å². The van der Waals surface area contributed by atoms with E-state index in [1.807, 2.05) is 43.0 Å². The van der Waals surface area contributed by atoms with Crippen molar-refractivity contribution >= 4 is 34.2 Å². The third kappa shape index (κ3) is 6.63. The van der Waals surface area contributed by atoms with Crippen LogP contribution in [0, 0.1) is 0 Å². The van der Waals surface area contributed by atoms with Crippen LogP contribution in [0.15, 0.2) is 66.7 Å². The molecule has 0 radical (unpaired) electrons. The molecule has 3 aromatic rings. The molecule has 0 fully saturated rings. The van der Waals surface area contributed by atoms with Crippen LogP contribution in [0.3, 0.4) is 0 Å². The fourth-order valence-corrected chi connectivity index (χ4v) is 3.75. The molecule has 0 spiro atoms. The molecule has 1 atom stereocenters. The number of hydrogen-bond donors (Lipinski definition) is 3. The summed E-state index contributed by atoms with van der Waals surface area (Å²) in [5.41, 5.74) is 7.27. The van der Waals surface area contributed by atoms with E-state index in [-0.39, 0.29) is 30.8 Å². The van der Waals surface area contributed by atoms with Crippen LogP contribution in [0.25, 0.3) is 10.8 Å². The molecule has 4 N–H and O–H groups in total. The molecular weight excluding hydrogens is 416 g/mol. The summed E-state index contributed by atoms with van der Waals surface area (Å²) in [7, 11) is 0. The van der Waals surface area contributed by atoms with Gasteiger partial charge in [0.15, 0.2) is 0 Å². The Bertz CT molecular complexity index is 1120. The molecule has 3 rings (SSSR count). The number of hydrogen-bond acceptors (Lipinski definition) is 4. The zero-order chi connectivity index (χ0) is 23.8. The van der Waals surface area contributed by atoms with Crippen molar-refractivity contribution in [3.63, 3.8) is 0 Å². The number of carbonyl (C=O) groups excluding carboxylic acids is 3. The average Bonchev–Trinajstić information content (AvgIpc) is 2.81. The zero-order valence-corrected chi connectivity index (χ0v) is 19.0. The number of rotatable bonds is 10. The lowest BCUT2D eigenvalue weighted by Crippen LogP contribution is -2.39. The summed E-state index contributed by atoms with van der Waals surface area (Å²) in [6.07, 6.45) is 0.248. The van der Waals surface area contributed by atoms with Gasteiger partial charge in [0.05, 0.1) is 12.6 Å². The standard InChI is InChI=1S/C26H30N4O3/c1-3-30(16-15-24(31)29-21-13-11-20(12-14-21)26(27)33)17-25(32)28-18(2)22-10-6-8-19-7-4-5-9-23(19)22/h4-14,18H,3,15-17H2,1-2H3,(H2,27,33)(H,28,32)(H,29,31). The Balaban J connectivity index is 1.50.